The third kappa shape index (κ3) is 7.66. The average Bonchev–Trinajstić information content (AvgIpc) is 3.49. The summed E-state index contributed by atoms with van der Waals surface area (Å²) in [6, 6.07) is 9.39. The van der Waals surface area contributed by atoms with E-state index in [0.717, 1.165) is 25.7 Å². The molecular weight excluding hydrogens is 452 g/mol. The zero-order chi connectivity index (χ0) is 25.2. The molecule has 0 unspecified atom stereocenters. The van der Waals surface area contributed by atoms with Crippen LogP contribution in [0.25, 0.3) is 0 Å². The number of carbonyl (C=O) groups excluding carboxylic acids is 4. The predicted molar refractivity (Wildman–Crippen MR) is 127 cm³/mol. The van der Waals surface area contributed by atoms with E-state index in [-0.39, 0.29) is 37.2 Å². The molecule has 2 N–H and O–H groups in total. The molecule has 1 saturated carbocycles. The number of anilines is 1. The number of benzene rings is 1. The van der Waals surface area contributed by atoms with Crippen LogP contribution in [0, 0.1) is 6.92 Å². The maximum absolute atomic E-state index is 13.4. The van der Waals surface area contributed by atoms with E-state index in [1.807, 2.05) is 6.07 Å². The number of aromatic nitrogens is 1. The van der Waals surface area contributed by atoms with Gasteiger partial charge in [0.1, 0.15) is 18.3 Å². The number of carbonyl (C=O) groups is 4. The zero-order valence-corrected chi connectivity index (χ0v) is 20.1. The number of amides is 3. The molecule has 10 nitrogen and oxygen atoms in total. The predicted octanol–water partition coefficient (Wildman–Crippen LogP) is 2.89. The van der Waals surface area contributed by atoms with Crippen molar-refractivity contribution in [1.29, 1.82) is 0 Å². The van der Waals surface area contributed by atoms with E-state index >= 15 is 0 Å². The lowest BCUT2D eigenvalue weighted by Crippen LogP contribution is -2.48. The number of aryl methyl sites for hydroxylation is 1. The summed E-state index contributed by atoms with van der Waals surface area (Å²) in [5.41, 5.74) is 0.572. The van der Waals surface area contributed by atoms with E-state index in [0.29, 0.717) is 11.3 Å². The summed E-state index contributed by atoms with van der Waals surface area (Å²) in [6.45, 7) is 3.10. The Morgan fingerprint density at radius 3 is 2.49 bits per heavy atom. The maximum Gasteiger partial charge on any atom is 0.325 e. The monoisotopic (exact) mass is 484 g/mol. The first kappa shape index (κ1) is 25.9. The maximum atomic E-state index is 13.4. The SMILES string of the molecule is CCOC(=O)CN(C(=O)CCC(=O)Nc1cc(C)on1)[C@@H](C(=O)NC1CCCC1)c1ccccc1. The molecule has 10 heteroatoms. The number of nitrogens with one attached hydrogen (secondary N) is 2. The Kier molecular flexibility index (Phi) is 9.39. The molecule has 0 spiro atoms. The van der Waals surface area contributed by atoms with Crippen LogP contribution in [-0.4, -0.2) is 52.9 Å². The Labute approximate surface area is 204 Å². The summed E-state index contributed by atoms with van der Waals surface area (Å²) in [5.74, 6) is -1.15. The first-order chi connectivity index (χ1) is 16.9. The van der Waals surface area contributed by atoms with Crippen LogP contribution in [0.15, 0.2) is 40.9 Å². The number of hydrogen-bond donors (Lipinski definition) is 2. The number of nitrogens with zero attached hydrogens (tertiary/aromatic N) is 2. The molecule has 0 bridgehead atoms. The minimum atomic E-state index is -1.03. The fourth-order valence-corrected chi connectivity index (χ4v) is 4.12. The highest BCUT2D eigenvalue weighted by Crippen LogP contribution is 2.25. The minimum absolute atomic E-state index is 0.0324. The van der Waals surface area contributed by atoms with E-state index in [1.54, 1.807) is 44.2 Å². The van der Waals surface area contributed by atoms with E-state index < -0.39 is 30.4 Å². The van der Waals surface area contributed by atoms with E-state index in [9.17, 15) is 19.2 Å². The number of hydrogen-bond acceptors (Lipinski definition) is 7. The van der Waals surface area contributed by atoms with Crippen LogP contribution < -0.4 is 10.6 Å². The molecule has 1 aromatic heterocycles. The van der Waals surface area contributed by atoms with Gasteiger partial charge in [-0.1, -0.05) is 48.3 Å². The van der Waals surface area contributed by atoms with Gasteiger partial charge in [0.25, 0.3) is 0 Å². The molecule has 0 radical (unpaired) electrons. The molecule has 1 fully saturated rings. The molecule has 1 aromatic carbocycles. The quantitative estimate of drug-likeness (QED) is 0.469. The Bertz CT molecular complexity index is 1020. The molecule has 1 heterocycles. The molecule has 1 aliphatic carbocycles. The molecule has 2 aromatic rings. The van der Waals surface area contributed by atoms with Crippen molar-refractivity contribution in [1.82, 2.24) is 15.4 Å². The van der Waals surface area contributed by atoms with Crippen LogP contribution in [0.2, 0.25) is 0 Å². The van der Waals surface area contributed by atoms with Gasteiger partial charge in [-0.15, -0.1) is 0 Å². The van der Waals surface area contributed by atoms with Gasteiger partial charge in [0.2, 0.25) is 17.7 Å². The summed E-state index contributed by atoms with van der Waals surface area (Å²) >= 11 is 0. The van der Waals surface area contributed by atoms with Crippen LogP contribution in [0.1, 0.15) is 62.8 Å². The molecular formula is C25H32N4O6. The summed E-state index contributed by atoms with van der Waals surface area (Å²) in [4.78, 5) is 52.7. The van der Waals surface area contributed by atoms with Gasteiger partial charge < -0.3 is 24.8 Å². The van der Waals surface area contributed by atoms with Crippen molar-refractivity contribution in [2.24, 2.45) is 0 Å². The van der Waals surface area contributed by atoms with Crippen molar-refractivity contribution >= 4 is 29.5 Å². The first-order valence-corrected chi connectivity index (χ1v) is 11.9. The van der Waals surface area contributed by atoms with Gasteiger partial charge >= 0.3 is 5.97 Å². The molecule has 35 heavy (non-hydrogen) atoms. The molecule has 188 valence electrons. The lowest BCUT2D eigenvalue weighted by Gasteiger charge is -2.31. The molecule has 3 amide bonds. The molecule has 1 atom stereocenters. The van der Waals surface area contributed by atoms with Gasteiger partial charge in [0.15, 0.2) is 5.82 Å². The van der Waals surface area contributed by atoms with Crippen LogP contribution in [0.3, 0.4) is 0 Å². The fraction of sp³-hybridized carbons (Fsp3) is 0.480. The number of rotatable bonds is 11. The lowest BCUT2D eigenvalue weighted by atomic mass is 10.0. The van der Waals surface area contributed by atoms with Gasteiger partial charge in [-0.25, -0.2) is 0 Å². The highest BCUT2D eigenvalue weighted by molar-refractivity contribution is 5.95. The van der Waals surface area contributed by atoms with Crippen LogP contribution in [0.4, 0.5) is 5.82 Å². The van der Waals surface area contributed by atoms with Crippen molar-refractivity contribution in [3.05, 3.63) is 47.7 Å². The number of esters is 1. The fourth-order valence-electron chi connectivity index (χ4n) is 4.12. The topological polar surface area (TPSA) is 131 Å². The average molecular weight is 485 g/mol. The first-order valence-electron chi connectivity index (χ1n) is 11.9. The van der Waals surface area contributed by atoms with Gasteiger partial charge in [-0.2, -0.15) is 0 Å². The molecule has 0 saturated heterocycles. The summed E-state index contributed by atoms with van der Waals surface area (Å²) in [6.07, 6.45) is 3.46. The summed E-state index contributed by atoms with van der Waals surface area (Å²) in [5, 5.41) is 9.30. The van der Waals surface area contributed by atoms with E-state index in [4.69, 9.17) is 9.26 Å². The van der Waals surface area contributed by atoms with Crippen LogP contribution in [0.5, 0.6) is 0 Å². The van der Waals surface area contributed by atoms with Crippen LogP contribution >= 0.6 is 0 Å². The Morgan fingerprint density at radius 2 is 1.86 bits per heavy atom. The summed E-state index contributed by atoms with van der Waals surface area (Å²) < 4.78 is 9.99. The van der Waals surface area contributed by atoms with Crippen LogP contribution in [-0.2, 0) is 23.9 Å². The second-order valence-electron chi connectivity index (χ2n) is 8.50. The van der Waals surface area contributed by atoms with E-state index in [2.05, 4.69) is 15.8 Å². The van der Waals surface area contributed by atoms with Gasteiger partial charge in [-0.3, -0.25) is 19.2 Å². The summed E-state index contributed by atoms with van der Waals surface area (Å²) in [7, 11) is 0. The highest BCUT2D eigenvalue weighted by Gasteiger charge is 2.34. The van der Waals surface area contributed by atoms with Gasteiger partial charge in [-0.05, 0) is 32.3 Å². The highest BCUT2D eigenvalue weighted by atomic mass is 16.5. The second-order valence-corrected chi connectivity index (χ2v) is 8.50. The Hall–Kier alpha value is -3.69. The van der Waals surface area contributed by atoms with Gasteiger partial charge in [0, 0.05) is 24.9 Å². The third-order valence-electron chi connectivity index (χ3n) is 5.76. The zero-order valence-electron chi connectivity index (χ0n) is 20.1. The number of ether oxygens (including phenoxy) is 1. The largest absolute Gasteiger partial charge is 0.465 e. The van der Waals surface area contributed by atoms with Crippen molar-refractivity contribution in [3.63, 3.8) is 0 Å². The van der Waals surface area contributed by atoms with Crippen molar-refractivity contribution in [2.45, 2.75) is 64.5 Å². The van der Waals surface area contributed by atoms with Crippen molar-refractivity contribution < 1.29 is 28.4 Å². The lowest BCUT2D eigenvalue weighted by molar-refractivity contribution is -0.152. The minimum Gasteiger partial charge on any atom is -0.465 e. The molecule has 0 aliphatic heterocycles. The Balaban J connectivity index is 1.78. The Morgan fingerprint density at radius 1 is 1.14 bits per heavy atom. The normalized spacial score (nSPS) is 14.2. The van der Waals surface area contributed by atoms with Gasteiger partial charge in [0.05, 0.1) is 6.61 Å². The smallest absolute Gasteiger partial charge is 0.325 e. The van der Waals surface area contributed by atoms with Crippen molar-refractivity contribution in [3.8, 4) is 0 Å². The third-order valence-corrected chi connectivity index (χ3v) is 5.76. The molecule has 3 rings (SSSR count). The van der Waals surface area contributed by atoms with Crippen molar-refractivity contribution in [2.75, 3.05) is 18.5 Å². The molecule has 1 aliphatic rings. The second kappa shape index (κ2) is 12.7. The standard InChI is InChI=1S/C25H32N4O6/c1-3-34-23(32)16-29(22(31)14-13-21(30)27-20-15-17(2)35-28-20)24(18-9-5-4-6-10-18)25(33)26-19-11-7-8-12-19/h4-6,9-10,15,19,24H,3,7-8,11-14,16H2,1-2H3,(H,26,33)(H,27,28,30)/t24-/m1/s1. The van der Waals surface area contributed by atoms with E-state index in [1.165, 1.54) is 4.90 Å².